The van der Waals surface area contributed by atoms with Crippen molar-refractivity contribution in [2.75, 3.05) is 26.2 Å². The minimum absolute atomic E-state index is 0.293. The number of hydrogen-bond acceptors (Lipinski definition) is 3. The third kappa shape index (κ3) is 3.19. The van der Waals surface area contributed by atoms with E-state index in [2.05, 4.69) is 23.6 Å². The van der Waals surface area contributed by atoms with Gasteiger partial charge in [-0.2, -0.15) is 0 Å². The van der Waals surface area contributed by atoms with Gasteiger partial charge >= 0.3 is 5.97 Å². The molecule has 0 amide bonds. The molecule has 1 aliphatic heterocycles. The maximum atomic E-state index is 11.0. The summed E-state index contributed by atoms with van der Waals surface area (Å²) in [5.41, 5.74) is 0. The molecule has 4 nitrogen and oxygen atoms in total. The molecule has 0 bridgehead atoms. The molecule has 2 unspecified atom stereocenters. The van der Waals surface area contributed by atoms with Gasteiger partial charge in [0, 0.05) is 32.2 Å². The van der Waals surface area contributed by atoms with E-state index in [1.165, 1.54) is 0 Å². The molecule has 1 saturated heterocycles. The van der Waals surface area contributed by atoms with Gasteiger partial charge in [-0.3, -0.25) is 14.6 Å². The molecule has 0 aromatic carbocycles. The van der Waals surface area contributed by atoms with Crippen molar-refractivity contribution in [3.8, 4) is 0 Å². The second kappa shape index (κ2) is 6.21. The van der Waals surface area contributed by atoms with E-state index in [-0.39, 0.29) is 6.04 Å². The third-order valence-electron chi connectivity index (χ3n) is 3.68. The Morgan fingerprint density at radius 1 is 1.12 bits per heavy atom. The van der Waals surface area contributed by atoms with Gasteiger partial charge in [0.05, 0.1) is 0 Å². The van der Waals surface area contributed by atoms with E-state index in [0.717, 1.165) is 32.6 Å². The Kier molecular flexibility index (Phi) is 5.22. The predicted molar refractivity (Wildman–Crippen MR) is 64.6 cm³/mol. The summed E-state index contributed by atoms with van der Waals surface area (Å²) in [6.45, 7) is 10.1. The zero-order valence-electron chi connectivity index (χ0n) is 10.6. The number of nitrogens with zero attached hydrogens (tertiary/aromatic N) is 2. The molecule has 0 saturated carbocycles. The van der Waals surface area contributed by atoms with Gasteiger partial charge in [0.1, 0.15) is 6.04 Å². The van der Waals surface area contributed by atoms with E-state index in [9.17, 15) is 4.79 Å². The van der Waals surface area contributed by atoms with Gasteiger partial charge in [0.2, 0.25) is 0 Å². The van der Waals surface area contributed by atoms with Gasteiger partial charge in [0.15, 0.2) is 0 Å². The maximum absolute atomic E-state index is 11.0. The molecule has 4 heteroatoms. The van der Waals surface area contributed by atoms with Crippen LogP contribution in [0.4, 0.5) is 0 Å². The van der Waals surface area contributed by atoms with Crippen LogP contribution in [0, 0.1) is 0 Å². The minimum atomic E-state index is -0.681. The predicted octanol–water partition coefficient (Wildman–Crippen LogP) is 1.27. The van der Waals surface area contributed by atoms with E-state index < -0.39 is 5.97 Å². The maximum Gasteiger partial charge on any atom is 0.320 e. The number of carboxylic acids is 1. The van der Waals surface area contributed by atoms with Crippen LogP contribution in [0.25, 0.3) is 0 Å². The highest BCUT2D eigenvalue weighted by molar-refractivity contribution is 5.73. The van der Waals surface area contributed by atoms with Crippen molar-refractivity contribution in [3.63, 3.8) is 0 Å². The lowest BCUT2D eigenvalue weighted by atomic mass is 10.1. The summed E-state index contributed by atoms with van der Waals surface area (Å²) in [4.78, 5) is 15.6. The average Bonchev–Trinajstić information content (AvgIpc) is 2.29. The first-order chi connectivity index (χ1) is 7.60. The lowest BCUT2D eigenvalue weighted by Crippen LogP contribution is -2.54. The summed E-state index contributed by atoms with van der Waals surface area (Å²) in [6, 6.07) is 0.325. The summed E-state index contributed by atoms with van der Waals surface area (Å²) in [5, 5.41) is 9.09. The molecule has 1 heterocycles. The summed E-state index contributed by atoms with van der Waals surface area (Å²) >= 11 is 0. The highest BCUT2D eigenvalue weighted by Gasteiger charge is 2.28. The fourth-order valence-corrected chi connectivity index (χ4v) is 2.34. The van der Waals surface area contributed by atoms with Crippen molar-refractivity contribution < 1.29 is 9.90 Å². The highest BCUT2D eigenvalue weighted by Crippen LogP contribution is 2.12. The first kappa shape index (κ1) is 13.5. The fraction of sp³-hybridized carbons (Fsp3) is 0.917. The van der Waals surface area contributed by atoms with Crippen molar-refractivity contribution in [2.45, 2.75) is 45.7 Å². The van der Waals surface area contributed by atoms with E-state index >= 15 is 0 Å². The van der Waals surface area contributed by atoms with Gasteiger partial charge in [0.25, 0.3) is 0 Å². The van der Waals surface area contributed by atoms with Crippen molar-refractivity contribution in [1.82, 2.24) is 9.80 Å². The Morgan fingerprint density at radius 2 is 1.62 bits per heavy atom. The fourth-order valence-electron chi connectivity index (χ4n) is 2.34. The molecule has 0 aliphatic carbocycles. The SMILES string of the molecule is CCC(C)N1CCN(C(CC)C(=O)O)CC1. The number of carboxylic acid groups (broad SMARTS) is 1. The molecule has 1 fully saturated rings. The molecule has 0 aromatic rings. The summed E-state index contributed by atoms with van der Waals surface area (Å²) in [5.74, 6) is -0.681. The Balaban J connectivity index is 2.44. The lowest BCUT2D eigenvalue weighted by Gasteiger charge is -2.39. The molecule has 0 radical (unpaired) electrons. The number of rotatable bonds is 5. The minimum Gasteiger partial charge on any atom is -0.480 e. The van der Waals surface area contributed by atoms with Crippen molar-refractivity contribution in [2.24, 2.45) is 0 Å². The number of carbonyl (C=O) groups is 1. The van der Waals surface area contributed by atoms with Crippen LogP contribution in [0.1, 0.15) is 33.6 Å². The van der Waals surface area contributed by atoms with Gasteiger partial charge in [-0.05, 0) is 19.8 Å². The number of aliphatic carboxylic acids is 1. The van der Waals surface area contributed by atoms with Gasteiger partial charge in [-0.1, -0.05) is 13.8 Å². The largest absolute Gasteiger partial charge is 0.480 e. The standard InChI is InChI=1S/C12H24N2O2/c1-4-10(3)13-6-8-14(9-7-13)11(5-2)12(15)16/h10-11H,4-9H2,1-3H3,(H,15,16). The first-order valence-corrected chi connectivity index (χ1v) is 6.31. The van der Waals surface area contributed by atoms with Crippen LogP contribution >= 0.6 is 0 Å². The Bertz CT molecular complexity index is 225. The van der Waals surface area contributed by atoms with Crippen molar-refractivity contribution in [3.05, 3.63) is 0 Å². The van der Waals surface area contributed by atoms with Crippen LogP contribution in [0.3, 0.4) is 0 Å². The molecule has 94 valence electrons. The summed E-state index contributed by atoms with van der Waals surface area (Å²) < 4.78 is 0. The van der Waals surface area contributed by atoms with Gasteiger partial charge in [-0.25, -0.2) is 0 Å². The molecule has 1 aliphatic rings. The van der Waals surface area contributed by atoms with E-state index in [1.807, 2.05) is 6.92 Å². The second-order valence-corrected chi connectivity index (χ2v) is 4.59. The van der Waals surface area contributed by atoms with Crippen LogP contribution in [0.15, 0.2) is 0 Å². The van der Waals surface area contributed by atoms with Crippen LogP contribution in [0.2, 0.25) is 0 Å². The van der Waals surface area contributed by atoms with Crippen LogP contribution in [-0.4, -0.2) is 59.1 Å². The third-order valence-corrected chi connectivity index (χ3v) is 3.68. The van der Waals surface area contributed by atoms with Gasteiger partial charge < -0.3 is 5.11 Å². The zero-order chi connectivity index (χ0) is 12.1. The Labute approximate surface area is 98.2 Å². The van der Waals surface area contributed by atoms with Gasteiger partial charge in [-0.15, -0.1) is 0 Å². The van der Waals surface area contributed by atoms with Crippen LogP contribution < -0.4 is 0 Å². The molecule has 16 heavy (non-hydrogen) atoms. The van der Waals surface area contributed by atoms with Crippen molar-refractivity contribution >= 4 is 5.97 Å². The first-order valence-electron chi connectivity index (χ1n) is 6.31. The molecular formula is C12H24N2O2. The lowest BCUT2D eigenvalue weighted by molar-refractivity contribution is -0.144. The molecule has 1 N–H and O–H groups in total. The van der Waals surface area contributed by atoms with Crippen LogP contribution in [0.5, 0.6) is 0 Å². The monoisotopic (exact) mass is 228 g/mol. The molecule has 0 aromatic heterocycles. The van der Waals surface area contributed by atoms with Crippen LogP contribution in [-0.2, 0) is 4.79 Å². The second-order valence-electron chi connectivity index (χ2n) is 4.59. The smallest absolute Gasteiger partial charge is 0.320 e. The Hall–Kier alpha value is -0.610. The molecule has 1 rings (SSSR count). The molecule has 2 atom stereocenters. The highest BCUT2D eigenvalue weighted by atomic mass is 16.4. The Morgan fingerprint density at radius 3 is 2.00 bits per heavy atom. The summed E-state index contributed by atoms with van der Waals surface area (Å²) in [6.07, 6.45) is 1.86. The summed E-state index contributed by atoms with van der Waals surface area (Å²) in [7, 11) is 0. The zero-order valence-corrected chi connectivity index (χ0v) is 10.6. The number of piperazine rings is 1. The van der Waals surface area contributed by atoms with E-state index in [4.69, 9.17) is 5.11 Å². The van der Waals surface area contributed by atoms with E-state index in [1.54, 1.807) is 0 Å². The normalized spacial score (nSPS) is 22.9. The van der Waals surface area contributed by atoms with Crippen molar-refractivity contribution in [1.29, 1.82) is 0 Å². The molecular weight excluding hydrogens is 204 g/mol. The molecule has 0 spiro atoms. The quantitative estimate of drug-likeness (QED) is 0.769. The number of hydrogen-bond donors (Lipinski definition) is 1. The topological polar surface area (TPSA) is 43.8 Å². The average molecular weight is 228 g/mol. The van der Waals surface area contributed by atoms with E-state index in [0.29, 0.717) is 12.5 Å².